The van der Waals surface area contributed by atoms with Crippen molar-refractivity contribution in [2.45, 2.75) is 13.8 Å². The quantitative estimate of drug-likeness (QED) is 0.410. The summed E-state index contributed by atoms with van der Waals surface area (Å²) in [5.41, 5.74) is 5.27. The molecule has 0 radical (unpaired) electrons. The number of halogens is 2. The van der Waals surface area contributed by atoms with Crippen LogP contribution in [0.4, 0.5) is 5.69 Å². The Labute approximate surface area is 172 Å². The lowest BCUT2D eigenvalue weighted by molar-refractivity contribution is 0.102. The fraction of sp³-hybridized carbons (Fsp3) is 0.0909. The number of nitrogens with one attached hydrogen (secondary N) is 1. The van der Waals surface area contributed by atoms with Crippen LogP contribution in [-0.4, -0.2) is 10.9 Å². The highest BCUT2D eigenvalue weighted by Crippen LogP contribution is 2.29. The molecule has 1 aromatic heterocycles. The number of aromatic nitrogens is 1. The fourth-order valence-corrected chi connectivity index (χ4v) is 3.29. The van der Waals surface area contributed by atoms with E-state index < -0.39 is 0 Å². The molecule has 28 heavy (non-hydrogen) atoms. The lowest BCUT2D eigenvalue weighted by Gasteiger charge is -2.11. The van der Waals surface area contributed by atoms with Crippen molar-refractivity contribution >= 4 is 45.9 Å². The Morgan fingerprint density at radius 1 is 1.00 bits per heavy atom. The van der Waals surface area contributed by atoms with Gasteiger partial charge in [0.05, 0.1) is 10.6 Å². The summed E-state index contributed by atoms with van der Waals surface area (Å²) in [5.74, 6) is 0.165. The molecular weight excluding hydrogens is 395 g/mol. The summed E-state index contributed by atoms with van der Waals surface area (Å²) < 4.78 is 5.87. The molecule has 1 amide bonds. The van der Waals surface area contributed by atoms with Gasteiger partial charge in [-0.15, -0.1) is 0 Å². The largest absolute Gasteiger partial charge is 0.436 e. The average molecular weight is 411 g/mol. The van der Waals surface area contributed by atoms with Gasteiger partial charge >= 0.3 is 0 Å². The second-order valence-corrected chi connectivity index (χ2v) is 7.44. The molecule has 0 aliphatic rings. The number of anilines is 1. The first-order valence-electron chi connectivity index (χ1n) is 8.65. The number of hydrogen-bond donors (Lipinski definition) is 1. The number of rotatable bonds is 3. The van der Waals surface area contributed by atoms with Gasteiger partial charge in [-0.1, -0.05) is 35.3 Å². The molecule has 3 aromatic carbocycles. The number of benzene rings is 3. The van der Waals surface area contributed by atoms with E-state index in [0.29, 0.717) is 27.2 Å². The molecule has 1 heterocycles. The molecule has 4 rings (SSSR count). The Balaban J connectivity index is 1.68. The minimum Gasteiger partial charge on any atom is -0.436 e. The maximum atomic E-state index is 12.7. The molecule has 4 nitrogen and oxygen atoms in total. The normalized spacial score (nSPS) is 11.0. The van der Waals surface area contributed by atoms with E-state index in [9.17, 15) is 4.79 Å². The van der Waals surface area contributed by atoms with Crippen molar-refractivity contribution in [3.05, 3.63) is 81.3 Å². The molecule has 0 saturated heterocycles. The predicted molar refractivity (Wildman–Crippen MR) is 113 cm³/mol. The minimum atomic E-state index is -0.332. The second kappa shape index (κ2) is 7.30. The van der Waals surface area contributed by atoms with Crippen LogP contribution in [0.1, 0.15) is 21.5 Å². The van der Waals surface area contributed by atoms with Gasteiger partial charge in [0.25, 0.3) is 5.91 Å². The molecule has 0 unspecified atom stereocenters. The zero-order valence-corrected chi connectivity index (χ0v) is 16.7. The molecule has 140 valence electrons. The molecule has 0 saturated carbocycles. The summed E-state index contributed by atoms with van der Waals surface area (Å²) in [7, 11) is 0. The molecule has 0 fully saturated rings. The van der Waals surface area contributed by atoms with E-state index in [4.69, 9.17) is 27.6 Å². The van der Waals surface area contributed by atoms with E-state index in [-0.39, 0.29) is 5.91 Å². The van der Waals surface area contributed by atoms with Gasteiger partial charge in [0.15, 0.2) is 5.58 Å². The first-order chi connectivity index (χ1) is 13.4. The number of amides is 1. The summed E-state index contributed by atoms with van der Waals surface area (Å²) in [6, 6.07) is 16.3. The van der Waals surface area contributed by atoms with Crippen LogP contribution in [0.15, 0.2) is 59.0 Å². The maximum absolute atomic E-state index is 12.7. The van der Waals surface area contributed by atoms with Crippen LogP contribution < -0.4 is 5.32 Å². The van der Waals surface area contributed by atoms with Crippen LogP contribution in [0, 0.1) is 13.8 Å². The van der Waals surface area contributed by atoms with Crippen molar-refractivity contribution < 1.29 is 9.21 Å². The molecular formula is C22H16Cl2N2O2. The van der Waals surface area contributed by atoms with E-state index in [1.54, 1.807) is 18.2 Å². The Morgan fingerprint density at radius 2 is 1.82 bits per heavy atom. The SMILES string of the molecule is Cc1ccc2oc(-c3ccc(C)c(NC(=O)c4cc(Cl)ccc4Cl)c3)nc2c1. The van der Waals surface area contributed by atoms with E-state index in [2.05, 4.69) is 10.3 Å². The highest BCUT2D eigenvalue weighted by Gasteiger charge is 2.15. The smallest absolute Gasteiger partial charge is 0.257 e. The van der Waals surface area contributed by atoms with Gasteiger partial charge in [-0.2, -0.15) is 0 Å². The van der Waals surface area contributed by atoms with Crippen LogP contribution >= 0.6 is 23.2 Å². The third-order valence-electron chi connectivity index (χ3n) is 4.45. The van der Waals surface area contributed by atoms with Crippen molar-refractivity contribution in [3.8, 4) is 11.5 Å². The molecule has 0 aliphatic carbocycles. The van der Waals surface area contributed by atoms with E-state index in [0.717, 1.165) is 27.8 Å². The van der Waals surface area contributed by atoms with Crippen molar-refractivity contribution in [1.29, 1.82) is 0 Å². The van der Waals surface area contributed by atoms with Crippen molar-refractivity contribution in [2.75, 3.05) is 5.32 Å². The van der Waals surface area contributed by atoms with Crippen molar-refractivity contribution in [1.82, 2.24) is 4.98 Å². The Kier molecular flexibility index (Phi) is 4.84. The van der Waals surface area contributed by atoms with Crippen LogP contribution in [0.5, 0.6) is 0 Å². The monoisotopic (exact) mass is 410 g/mol. The van der Waals surface area contributed by atoms with E-state index >= 15 is 0 Å². The summed E-state index contributed by atoms with van der Waals surface area (Å²) in [6.07, 6.45) is 0. The first-order valence-corrected chi connectivity index (χ1v) is 9.41. The Morgan fingerprint density at radius 3 is 2.64 bits per heavy atom. The van der Waals surface area contributed by atoms with Gasteiger partial charge in [-0.3, -0.25) is 4.79 Å². The number of carbonyl (C=O) groups excluding carboxylic acids is 1. The highest BCUT2D eigenvalue weighted by molar-refractivity contribution is 6.36. The van der Waals surface area contributed by atoms with Crippen molar-refractivity contribution in [3.63, 3.8) is 0 Å². The molecule has 0 aliphatic heterocycles. The molecule has 0 atom stereocenters. The first kappa shape index (κ1) is 18.5. The van der Waals surface area contributed by atoms with Gasteiger partial charge in [0.1, 0.15) is 5.52 Å². The molecule has 1 N–H and O–H groups in total. The van der Waals surface area contributed by atoms with Crippen LogP contribution in [0.3, 0.4) is 0 Å². The number of hydrogen-bond acceptors (Lipinski definition) is 3. The van der Waals surface area contributed by atoms with Crippen molar-refractivity contribution in [2.24, 2.45) is 0 Å². The van der Waals surface area contributed by atoms with Gasteiger partial charge in [-0.25, -0.2) is 4.98 Å². The Bertz CT molecular complexity index is 1210. The third-order valence-corrected chi connectivity index (χ3v) is 5.01. The van der Waals surface area contributed by atoms with Gasteiger partial charge < -0.3 is 9.73 Å². The molecule has 0 bridgehead atoms. The van der Waals surface area contributed by atoms with Crippen LogP contribution in [0.25, 0.3) is 22.6 Å². The topological polar surface area (TPSA) is 55.1 Å². The molecule has 6 heteroatoms. The summed E-state index contributed by atoms with van der Waals surface area (Å²) in [6.45, 7) is 3.92. The number of nitrogens with zero attached hydrogens (tertiary/aromatic N) is 1. The second-order valence-electron chi connectivity index (χ2n) is 6.60. The summed E-state index contributed by atoms with van der Waals surface area (Å²) >= 11 is 12.1. The summed E-state index contributed by atoms with van der Waals surface area (Å²) in [5, 5.41) is 3.68. The van der Waals surface area contributed by atoms with E-state index in [1.807, 2.05) is 50.2 Å². The predicted octanol–water partition coefficient (Wildman–Crippen LogP) is 6.67. The van der Waals surface area contributed by atoms with Gasteiger partial charge in [-0.05, 0) is 67.4 Å². The molecule has 4 aromatic rings. The molecule has 0 spiro atoms. The number of oxazole rings is 1. The van der Waals surface area contributed by atoms with Crippen LogP contribution in [-0.2, 0) is 0 Å². The zero-order valence-electron chi connectivity index (χ0n) is 15.2. The number of fused-ring (bicyclic) bond motifs is 1. The standard InChI is InChI=1S/C22H16Cl2N2O2/c1-12-3-8-20-19(9-12)26-22(28-20)14-5-4-13(2)18(10-14)25-21(27)16-11-15(23)6-7-17(16)24/h3-11H,1-2H3,(H,25,27). The summed E-state index contributed by atoms with van der Waals surface area (Å²) in [4.78, 5) is 17.2. The van der Waals surface area contributed by atoms with Gasteiger partial charge in [0.2, 0.25) is 5.89 Å². The minimum absolute atomic E-state index is 0.316. The van der Waals surface area contributed by atoms with Gasteiger partial charge in [0, 0.05) is 16.3 Å². The van der Waals surface area contributed by atoms with Crippen LogP contribution in [0.2, 0.25) is 10.0 Å². The maximum Gasteiger partial charge on any atom is 0.257 e. The zero-order chi connectivity index (χ0) is 19.8. The fourth-order valence-electron chi connectivity index (χ4n) is 2.91. The lowest BCUT2D eigenvalue weighted by Crippen LogP contribution is -2.13. The number of aryl methyl sites for hydroxylation is 2. The average Bonchev–Trinajstić information content (AvgIpc) is 3.08. The Hall–Kier alpha value is -2.82. The lowest BCUT2D eigenvalue weighted by atomic mass is 10.1. The number of carbonyl (C=O) groups is 1. The van der Waals surface area contributed by atoms with E-state index in [1.165, 1.54) is 0 Å². The third kappa shape index (κ3) is 3.61. The highest BCUT2D eigenvalue weighted by atomic mass is 35.5.